The van der Waals surface area contributed by atoms with Crippen LogP contribution in [0.2, 0.25) is 0 Å². The van der Waals surface area contributed by atoms with Gasteiger partial charge in [-0.1, -0.05) is 35.9 Å². The van der Waals surface area contributed by atoms with E-state index in [9.17, 15) is 13.2 Å². The largest absolute Gasteiger partial charge is 0.278 e. The zero-order valence-electron chi connectivity index (χ0n) is 18.0. The van der Waals surface area contributed by atoms with E-state index >= 15 is 0 Å². The summed E-state index contributed by atoms with van der Waals surface area (Å²) >= 11 is 1.43. The van der Waals surface area contributed by atoms with Crippen molar-refractivity contribution in [2.75, 3.05) is 4.72 Å². The number of anilines is 1. The number of pyridine rings is 1. The van der Waals surface area contributed by atoms with Crippen molar-refractivity contribution in [3.05, 3.63) is 99.6 Å². The van der Waals surface area contributed by atoms with Crippen molar-refractivity contribution in [2.45, 2.75) is 36.3 Å². The Morgan fingerprint density at radius 1 is 0.969 bits per heavy atom. The van der Waals surface area contributed by atoms with E-state index < -0.39 is 10.0 Å². The Morgan fingerprint density at radius 3 is 2.50 bits per heavy atom. The van der Waals surface area contributed by atoms with E-state index in [-0.39, 0.29) is 10.5 Å². The minimum atomic E-state index is -3.74. The van der Waals surface area contributed by atoms with Crippen molar-refractivity contribution >= 4 is 33.1 Å². The fourth-order valence-electron chi connectivity index (χ4n) is 3.46. The van der Waals surface area contributed by atoms with Gasteiger partial charge in [0, 0.05) is 22.9 Å². The molecular weight excluding hydrogens is 442 g/mol. The van der Waals surface area contributed by atoms with Gasteiger partial charge in [0.2, 0.25) is 0 Å². The van der Waals surface area contributed by atoms with Gasteiger partial charge in [0.15, 0.2) is 0 Å². The van der Waals surface area contributed by atoms with Crippen LogP contribution in [0.25, 0.3) is 5.65 Å². The normalized spacial score (nSPS) is 11.6. The van der Waals surface area contributed by atoms with Crippen molar-refractivity contribution in [1.82, 2.24) is 9.38 Å². The zero-order valence-corrected chi connectivity index (χ0v) is 19.6. The molecule has 0 fully saturated rings. The summed E-state index contributed by atoms with van der Waals surface area (Å²) in [7, 11) is -3.74. The molecule has 1 N–H and O–H groups in total. The van der Waals surface area contributed by atoms with E-state index in [1.165, 1.54) is 22.2 Å². The number of benzene rings is 2. The molecule has 4 aromatic rings. The molecule has 164 valence electrons. The predicted octanol–water partition coefficient (Wildman–Crippen LogP) is 4.71. The van der Waals surface area contributed by atoms with Crippen LogP contribution in [-0.2, 0) is 15.8 Å². The number of fused-ring (bicyclic) bond motifs is 1. The molecule has 0 aliphatic rings. The topological polar surface area (TPSA) is 80.5 Å². The van der Waals surface area contributed by atoms with Crippen LogP contribution in [0.3, 0.4) is 0 Å². The Bertz CT molecular complexity index is 1480. The number of aromatic nitrogens is 2. The minimum absolute atomic E-state index is 0.141. The molecule has 32 heavy (non-hydrogen) atoms. The fraction of sp³-hybridized carbons (Fsp3) is 0.167. The number of nitrogens with zero attached hydrogens (tertiary/aromatic N) is 2. The van der Waals surface area contributed by atoms with Gasteiger partial charge in [-0.15, -0.1) is 11.8 Å². The summed E-state index contributed by atoms with van der Waals surface area (Å²) in [4.78, 5) is 18.0. The van der Waals surface area contributed by atoms with E-state index in [2.05, 4.69) is 9.71 Å². The molecule has 0 saturated carbocycles. The molecule has 0 saturated heterocycles. The van der Waals surface area contributed by atoms with E-state index in [1.807, 2.05) is 44.2 Å². The monoisotopic (exact) mass is 465 g/mol. The Labute approximate surface area is 191 Å². The molecule has 2 aromatic carbocycles. The first-order chi connectivity index (χ1) is 15.2. The van der Waals surface area contributed by atoms with Gasteiger partial charge < -0.3 is 0 Å². The molecule has 6 nitrogen and oxygen atoms in total. The summed E-state index contributed by atoms with van der Waals surface area (Å²) in [5, 5.41) is 0. The second kappa shape index (κ2) is 8.80. The van der Waals surface area contributed by atoms with Crippen molar-refractivity contribution < 1.29 is 8.42 Å². The van der Waals surface area contributed by atoms with Gasteiger partial charge in [0.25, 0.3) is 15.6 Å². The molecule has 0 bridgehead atoms. The third-order valence-electron chi connectivity index (χ3n) is 4.99. The molecule has 2 aromatic heterocycles. The van der Waals surface area contributed by atoms with Crippen molar-refractivity contribution in [3.8, 4) is 0 Å². The highest BCUT2D eigenvalue weighted by Gasteiger charge is 2.18. The Morgan fingerprint density at radius 2 is 1.72 bits per heavy atom. The van der Waals surface area contributed by atoms with Crippen LogP contribution in [0.4, 0.5) is 5.69 Å². The summed E-state index contributed by atoms with van der Waals surface area (Å²) in [5.41, 5.74) is 4.25. The van der Waals surface area contributed by atoms with E-state index in [0.717, 1.165) is 16.0 Å². The summed E-state index contributed by atoms with van der Waals surface area (Å²) < 4.78 is 30.2. The molecule has 0 amide bonds. The van der Waals surface area contributed by atoms with Crippen molar-refractivity contribution in [2.24, 2.45) is 0 Å². The lowest BCUT2D eigenvalue weighted by molar-refractivity contribution is 0.600. The third kappa shape index (κ3) is 4.71. The van der Waals surface area contributed by atoms with Gasteiger partial charge in [0.05, 0.1) is 16.3 Å². The van der Waals surface area contributed by atoms with Crippen LogP contribution < -0.4 is 10.3 Å². The number of rotatable bonds is 6. The molecular formula is C24H23N3O3S2. The average molecular weight is 466 g/mol. The second-order valence-electron chi connectivity index (χ2n) is 7.68. The first-order valence-corrected chi connectivity index (χ1v) is 12.5. The number of hydrogen-bond donors (Lipinski definition) is 1. The van der Waals surface area contributed by atoms with Crippen LogP contribution in [-0.4, -0.2) is 17.8 Å². The molecule has 0 aliphatic carbocycles. The average Bonchev–Trinajstić information content (AvgIpc) is 2.73. The van der Waals surface area contributed by atoms with E-state index in [4.69, 9.17) is 0 Å². The minimum Gasteiger partial charge on any atom is -0.278 e. The van der Waals surface area contributed by atoms with E-state index in [0.29, 0.717) is 28.3 Å². The van der Waals surface area contributed by atoms with Crippen LogP contribution in [0.15, 0.2) is 81.4 Å². The summed E-state index contributed by atoms with van der Waals surface area (Å²) in [6, 6.07) is 17.7. The van der Waals surface area contributed by atoms with Crippen LogP contribution in [0, 0.1) is 20.8 Å². The Hall–Kier alpha value is -3.10. The van der Waals surface area contributed by atoms with Gasteiger partial charge in [0.1, 0.15) is 5.65 Å². The molecule has 0 aliphatic heterocycles. The van der Waals surface area contributed by atoms with Gasteiger partial charge in [-0.05, 0) is 56.2 Å². The highest BCUT2D eigenvalue weighted by Crippen LogP contribution is 2.31. The number of para-hydroxylation sites is 1. The van der Waals surface area contributed by atoms with Crippen molar-refractivity contribution in [1.29, 1.82) is 0 Å². The molecule has 8 heteroatoms. The van der Waals surface area contributed by atoms with Gasteiger partial charge >= 0.3 is 0 Å². The molecule has 0 unspecified atom stereocenters. The standard InChI is InChI=1S/C24H23N3O3S2/c1-16-8-10-22(18(3)12-16)32(29,30)26-20-6-4-5-7-21(20)31-15-19-13-24(28)27-14-17(2)9-11-23(27)25-19/h4-14,26H,15H2,1-3H3. The van der Waals surface area contributed by atoms with Crippen LogP contribution >= 0.6 is 11.8 Å². The highest BCUT2D eigenvalue weighted by molar-refractivity contribution is 7.98. The molecule has 0 radical (unpaired) electrons. The summed E-state index contributed by atoms with van der Waals surface area (Å²) in [6.45, 7) is 5.63. The SMILES string of the molecule is Cc1ccc(S(=O)(=O)Nc2ccccc2SCc2cc(=O)n3cc(C)ccc3n2)c(C)c1. The quantitative estimate of drug-likeness (QED) is 0.417. The highest BCUT2D eigenvalue weighted by atomic mass is 32.2. The first-order valence-electron chi connectivity index (χ1n) is 10.0. The van der Waals surface area contributed by atoms with Gasteiger partial charge in [-0.25, -0.2) is 13.4 Å². The predicted molar refractivity (Wildman–Crippen MR) is 129 cm³/mol. The summed E-state index contributed by atoms with van der Waals surface area (Å²) in [6.07, 6.45) is 1.76. The number of hydrogen-bond acceptors (Lipinski definition) is 5. The van der Waals surface area contributed by atoms with Crippen LogP contribution in [0.5, 0.6) is 0 Å². The molecule has 0 atom stereocenters. The van der Waals surface area contributed by atoms with Crippen LogP contribution in [0.1, 0.15) is 22.4 Å². The fourth-order valence-corrected chi connectivity index (χ4v) is 5.73. The number of thioether (sulfide) groups is 1. The Kier molecular flexibility index (Phi) is 6.08. The number of sulfonamides is 1. The maximum absolute atomic E-state index is 13.0. The molecule has 0 spiro atoms. The molecule has 4 rings (SSSR count). The zero-order chi connectivity index (χ0) is 22.9. The van der Waals surface area contributed by atoms with Gasteiger partial charge in [-0.3, -0.25) is 13.9 Å². The van der Waals surface area contributed by atoms with E-state index in [1.54, 1.807) is 37.4 Å². The molecule has 2 heterocycles. The lowest BCUT2D eigenvalue weighted by Crippen LogP contribution is -2.15. The second-order valence-corrected chi connectivity index (χ2v) is 10.3. The summed E-state index contributed by atoms with van der Waals surface area (Å²) in [5.74, 6) is 0.432. The number of nitrogens with one attached hydrogen (secondary N) is 1. The van der Waals surface area contributed by atoms with Gasteiger partial charge in [-0.2, -0.15) is 0 Å². The maximum Gasteiger partial charge on any atom is 0.262 e. The lowest BCUT2D eigenvalue weighted by atomic mass is 10.2. The smallest absolute Gasteiger partial charge is 0.262 e. The third-order valence-corrected chi connectivity index (χ3v) is 7.62. The van der Waals surface area contributed by atoms with Crippen molar-refractivity contribution in [3.63, 3.8) is 0 Å². The lowest BCUT2D eigenvalue weighted by Gasteiger charge is -2.14. The first kappa shape index (κ1) is 22.1. The maximum atomic E-state index is 13.0. The Balaban J connectivity index is 1.59. The number of aryl methyl sites for hydroxylation is 3.